The van der Waals surface area contributed by atoms with Gasteiger partial charge in [0.05, 0.1) is 0 Å². The van der Waals surface area contributed by atoms with E-state index in [0.717, 1.165) is 0 Å². The van der Waals surface area contributed by atoms with Gasteiger partial charge in [0.1, 0.15) is 0 Å². The molecule has 0 unspecified atom stereocenters. The Morgan fingerprint density at radius 3 is 0.157 bits per heavy atom. The van der Waals surface area contributed by atoms with Crippen LogP contribution in [0, 0.1) is 0 Å². The highest BCUT2D eigenvalue weighted by molar-refractivity contribution is 4.28. The van der Waals surface area contributed by atoms with E-state index < -0.39 is 0 Å². The Hall–Kier alpha value is -0.0400. The average Bonchev–Trinajstić information content (AvgIpc) is 3.11. The van der Waals surface area contributed by atoms with Crippen molar-refractivity contribution < 1.29 is 5.48 Å². The van der Waals surface area contributed by atoms with Gasteiger partial charge in [0.2, 0.25) is 0 Å². The summed E-state index contributed by atoms with van der Waals surface area (Å²) in [7, 11) is 0. The Bertz CT molecular complexity index is 182. The van der Waals surface area contributed by atoms with E-state index in [1.807, 2.05) is 0 Å². The van der Waals surface area contributed by atoms with Gasteiger partial charge >= 0.3 is 0 Å². The molecule has 51 heavy (non-hydrogen) atoms. The van der Waals surface area contributed by atoms with Crippen LogP contribution in [-0.4, -0.2) is 5.48 Å². The largest absolute Gasteiger partial charge is 0.412 e. The normalized spacial score (nSPS) is 8.24. The van der Waals surface area contributed by atoms with Gasteiger partial charge in [-0.15, -0.1) is 0 Å². The summed E-state index contributed by atoms with van der Waals surface area (Å²) in [6.07, 6.45) is 40.8. The van der Waals surface area contributed by atoms with Crippen molar-refractivity contribution >= 4 is 0 Å². The van der Waals surface area contributed by atoms with E-state index in [0.29, 0.717) is 0 Å². The Kier molecular flexibility index (Phi) is 208. The predicted octanol–water partition coefficient (Wildman–Crippen LogP) is 21.1. The van der Waals surface area contributed by atoms with Crippen LogP contribution in [0.15, 0.2) is 0 Å². The van der Waals surface area contributed by atoms with Gasteiger partial charge in [-0.1, -0.05) is 331 Å². The molecule has 0 fully saturated rings. The molecule has 0 aliphatic heterocycles. The molecule has 0 rings (SSSR count). The number of hydrogen-bond acceptors (Lipinski definition) is 0. The molecule has 2 N–H and O–H groups in total. The molecule has 0 spiro atoms. The standard InChI is InChI=1S/10C5H12.H2O/c10*1-3-5-4-2;/h10*3-5H2,1-2H3;1H2. The SMILES string of the molecule is CCCCC.CCCCC.CCCCC.CCCCC.CCCCC.CCCCC.CCCCC.CCCCC.CCCCC.CCCCC.O. The fraction of sp³-hybridized carbons (Fsp3) is 1.00. The van der Waals surface area contributed by atoms with Crippen LogP contribution in [0.25, 0.3) is 0 Å². The summed E-state index contributed by atoms with van der Waals surface area (Å²) in [5.74, 6) is 0. The van der Waals surface area contributed by atoms with Crippen molar-refractivity contribution in [2.24, 2.45) is 0 Å². The number of unbranched alkanes of at least 4 members (excludes halogenated alkanes) is 20. The molecular weight excluding hydrogens is 617 g/mol. The van der Waals surface area contributed by atoms with E-state index in [9.17, 15) is 0 Å². The lowest BCUT2D eigenvalue weighted by molar-refractivity contribution is 0.772. The second-order valence-electron chi connectivity index (χ2n) is 13.5. The maximum absolute atomic E-state index is 2.21. The molecule has 0 aromatic heterocycles. The van der Waals surface area contributed by atoms with Crippen molar-refractivity contribution in [1.82, 2.24) is 0 Å². The van der Waals surface area contributed by atoms with Crippen molar-refractivity contribution in [2.75, 3.05) is 0 Å². The van der Waals surface area contributed by atoms with E-state index in [4.69, 9.17) is 0 Å². The molecule has 0 aliphatic rings. The quantitative estimate of drug-likeness (QED) is 0.119. The van der Waals surface area contributed by atoms with Crippen molar-refractivity contribution in [1.29, 1.82) is 0 Å². The van der Waals surface area contributed by atoms with Gasteiger partial charge in [-0.05, 0) is 0 Å². The first kappa shape index (κ1) is 79.7. The Labute approximate surface area is 335 Å². The average molecular weight is 740 g/mol. The second-order valence-corrected chi connectivity index (χ2v) is 13.5. The zero-order valence-electron chi connectivity index (χ0n) is 41.7. The Morgan fingerprint density at radius 2 is 0.157 bits per heavy atom. The van der Waals surface area contributed by atoms with Crippen molar-refractivity contribution in [2.45, 2.75) is 331 Å². The minimum absolute atomic E-state index is 0. The molecule has 0 amide bonds. The minimum atomic E-state index is 0. The molecule has 328 valence electrons. The van der Waals surface area contributed by atoms with Gasteiger partial charge in [-0.2, -0.15) is 0 Å². The first-order chi connectivity index (χ1) is 24.1. The molecule has 0 aliphatic carbocycles. The fourth-order valence-electron chi connectivity index (χ4n) is 3.54. The lowest BCUT2D eigenvalue weighted by Crippen LogP contribution is -1.59. The molecule has 0 aromatic rings. The van der Waals surface area contributed by atoms with Crippen molar-refractivity contribution in [3.8, 4) is 0 Å². The molecule has 1 nitrogen and oxygen atoms in total. The summed E-state index contributed by atoms with van der Waals surface area (Å²) >= 11 is 0. The highest BCUT2D eigenvalue weighted by atomic mass is 16.0. The first-order valence-electron chi connectivity index (χ1n) is 24.1. The van der Waals surface area contributed by atoms with Gasteiger partial charge in [-0.3, -0.25) is 0 Å². The van der Waals surface area contributed by atoms with Crippen LogP contribution in [-0.2, 0) is 0 Å². The van der Waals surface area contributed by atoms with E-state index in [1.165, 1.54) is 193 Å². The Morgan fingerprint density at radius 1 is 0.118 bits per heavy atom. The first-order valence-corrected chi connectivity index (χ1v) is 24.1. The molecule has 0 aromatic carbocycles. The lowest BCUT2D eigenvalue weighted by atomic mass is 10.3. The summed E-state index contributed by atoms with van der Waals surface area (Å²) in [5.41, 5.74) is 0. The molecule has 0 atom stereocenters. The molecule has 0 bridgehead atoms. The van der Waals surface area contributed by atoms with E-state index in [1.54, 1.807) is 0 Å². The maximum Gasteiger partial charge on any atom is -0.0538 e. The van der Waals surface area contributed by atoms with Crippen LogP contribution in [0.5, 0.6) is 0 Å². The predicted molar refractivity (Wildman–Crippen MR) is 256 cm³/mol. The van der Waals surface area contributed by atoms with Crippen LogP contribution < -0.4 is 0 Å². The van der Waals surface area contributed by atoms with Crippen LogP contribution in [0.1, 0.15) is 331 Å². The zero-order valence-corrected chi connectivity index (χ0v) is 41.7. The van der Waals surface area contributed by atoms with Crippen LogP contribution in [0.4, 0.5) is 0 Å². The molecule has 0 radical (unpaired) electrons. The zero-order chi connectivity index (χ0) is 41.2. The Balaban J connectivity index is -0.0000000386. The number of hydrogen-bond donors (Lipinski definition) is 0. The third-order valence-electron chi connectivity index (χ3n) is 7.07. The van der Waals surface area contributed by atoms with Crippen LogP contribution >= 0.6 is 0 Å². The topological polar surface area (TPSA) is 31.5 Å². The van der Waals surface area contributed by atoms with E-state index in [-0.39, 0.29) is 5.48 Å². The number of rotatable bonds is 20. The van der Waals surface area contributed by atoms with Gasteiger partial charge in [0, 0.05) is 0 Å². The molecular formula is C50H122O. The van der Waals surface area contributed by atoms with E-state index in [2.05, 4.69) is 138 Å². The van der Waals surface area contributed by atoms with Gasteiger partial charge < -0.3 is 5.48 Å². The van der Waals surface area contributed by atoms with Crippen molar-refractivity contribution in [3.05, 3.63) is 0 Å². The summed E-state index contributed by atoms with van der Waals surface area (Å²) < 4.78 is 0. The molecule has 1 heteroatoms. The smallest absolute Gasteiger partial charge is 0.0538 e. The monoisotopic (exact) mass is 739 g/mol. The maximum atomic E-state index is 2.21. The van der Waals surface area contributed by atoms with Crippen LogP contribution in [0.3, 0.4) is 0 Å². The van der Waals surface area contributed by atoms with Gasteiger partial charge in [0.15, 0.2) is 0 Å². The summed E-state index contributed by atoms with van der Waals surface area (Å²) in [5, 5.41) is 0. The minimum Gasteiger partial charge on any atom is -0.412 e. The third-order valence-corrected chi connectivity index (χ3v) is 7.07. The highest BCUT2D eigenvalue weighted by Crippen LogP contribution is 1.92. The van der Waals surface area contributed by atoms with Gasteiger partial charge in [-0.25, -0.2) is 0 Å². The highest BCUT2D eigenvalue weighted by Gasteiger charge is 1.72. The summed E-state index contributed by atoms with van der Waals surface area (Å²) in [4.78, 5) is 0. The molecule has 0 heterocycles. The second kappa shape index (κ2) is 133. The van der Waals surface area contributed by atoms with E-state index >= 15 is 0 Å². The fourth-order valence-corrected chi connectivity index (χ4v) is 3.54. The third kappa shape index (κ3) is 288. The van der Waals surface area contributed by atoms with Gasteiger partial charge in [0.25, 0.3) is 0 Å². The lowest BCUT2D eigenvalue weighted by Gasteiger charge is -1.79. The summed E-state index contributed by atoms with van der Waals surface area (Å²) in [6.45, 7) is 44.2. The molecule has 0 saturated heterocycles. The van der Waals surface area contributed by atoms with Crippen molar-refractivity contribution in [3.63, 3.8) is 0 Å². The molecule has 0 saturated carbocycles. The van der Waals surface area contributed by atoms with Crippen LogP contribution in [0.2, 0.25) is 0 Å². The summed E-state index contributed by atoms with van der Waals surface area (Å²) in [6, 6.07) is 0.